The zero-order chi connectivity index (χ0) is 21.1. The van der Waals surface area contributed by atoms with E-state index in [-0.39, 0.29) is 5.97 Å². The molecule has 1 aliphatic carbocycles. The molecule has 0 amide bonds. The van der Waals surface area contributed by atoms with Crippen LogP contribution in [0.1, 0.15) is 36.5 Å². The van der Waals surface area contributed by atoms with Gasteiger partial charge in [-0.1, -0.05) is 18.2 Å². The zero-order valence-corrected chi connectivity index (χ0v) is 17.7. The van der Waals surface area contributed by atoms with Gasteiger partial charge in [0.25, 0.3) is 0 Å². The molecular formula is C21H33N7O2. The molecule has 1 fully saturated rings. The average molecular weight is 416 g/mol. The molecule has 4 rings (SSSR count). The van der Waals surface area contributed by atoms with Crippen molar-refractivity contribution in [2.45, 2.75) is 44.4 Å². The van der Waals surface area contributed by atoms with Crippen molar-refractivity contribution in [1.82, 2.24) is 20.7 Å². The molecule has 0 saturated carbocycles. The first kappa shape index (κ1) is 21.0. The summed E-state index contributed by atoms with van der Waals surface area (Å²) in [6.07, 6.45) is 4.38. The number of carbonyl (C=O) groups is 1. The number of nitrogens with zero attached hydrogens (tertiary/aromatic N) is 3. The average Bonchev–Trinajstić information content (AvgIpc) is 2.96. The van der Waals surface area contributed by atoms with Crippen LogP contribution in [0.15, 0.2) is 23.2 Å². The lowest BCUT2D eigenvalue weighted by Crippen LogP contribution is -2.51. The zero-order valence-electron chi connectivity index (χ0n) is 17.7. The standard InChI is InChI=1S/C21H33N7O2/c1-2-30-19(29)14-27-9-11-28(12-10-27)18-7-4-15-3-6-17(13-16(15)5-8-18)21(23)24-20(22)25-26-21/h3,6,13,18,26H,2,4-5,7-12,14,23H2,1H3,(H3,22,24,25). The van der Waals surface area contributed by atoms with Crippen LogP contribution in [0, 0.1) is 0 Å². The molecule has 1 aromatic rings. The maximum atomic E-state index is 11.7. The highest BCUT2D eigenvalue weighted by Crippen LogP contribution is 2.28. The number of carbonyl (C=O) groups excluding carboxylic acids is 1. The third-order valence-electron chi connectivity index (χ3n) is 6.40. The van der Waals surface area contributed by atoms with Crippen molar-refractivity contribution in [2.24, 2.45) is 16.5 Å². The van der Waals surface area contributed by atoms with Gasteiger partial charge in [-0.25, -0.2) is 4.99 Å². The Morgan fingerprint density at radius 3 is 2.63 bits per heavy atom. The highest BCUT2D eigenvalue weighted by molar-refractivity contribution is 5.79. The lowest BCUT2D eigenvalue weighted by molar-refractivity contribution is -0.144. The van der Waals surface area contributed by atoms with E-state index in [0.29, 0.717) is 25.2 Å². The normalized spacial score (nSPS) is 27.7. The number of rotatable bonds is 5. The molecule has 1 aromatic carbocycles. The van der Waals surface area contributed by atoms with E-state index in [1.165, 1.54) is 11.1 Å². The third-order valence-corrected chi connectivity index (χ3v) is 6.40. The van der Waals surface area contributed by atoms with Crippen molar-refractivity contribution in [2.75, 3.05) is 39.3 Å². The van der Waals surface area contributed by atoms with Gasteiger partial charge in [0.15, 0.2) is 0 Å². The van der Waals surface area contributed by atoms with Crippen LogP contribution in [0.25, 0.3) is 0 Å². The number of piperazine rings is 1. The van der Waals surface area contributed by atoms with Gasteiger partial charge in [-0.2, -0.15) is 5.43 Å². The van der Waals surface area contributed by atoms with E-state index in [9.17, 15) is 4.79 Å². The highest BCUT2D eigenvalue weighted by atomic mass is 16.5. The van der Waals surface area contributed by atoms with E-state index < -0.39 is 5.79 Å². The Balaban J connectivity index is 1.34. The molecule has 2 unspecified atom stereocenters. The number of nitrogens with two attached hydrogens (primary N) is 2. The molecule has 9 nitrogen and oxygen atoms in total. The van der Waals surface area contributed by atoms with Crippen LogP contribution in [0.2, 0.25) is 0 Å². The number of benzene rings is 1. The summed E-state index contributed by atoms with van der Waals surface area (Å²) in [7, 11) is 0. The molecule has 30 heavy (non-hydrogen) atoms. The van der Waals surface area contributed by atoms with Crippen molar-refractivity contribution in [3.63, 3.8) is 0 Å². The summed E-state index contributed by atoms with van der Waals surface area (Å²) in [6, 6.07) is 6.97. The first-order valence-electron chi connectivity index (χ1n) is 10.9. The largest absolute Gasteiger partial charge is 0.465 e. The Kier molecular flexibility index (Phi) is 6.24. The number of guanidine groups is 1. The molecule has 3 aliphatic rings. The van der Waals surface area contributed by atoms with Gasteiger partial charge in [0.05, 0.1) is 13.2 Å². The monoisotopic (exact) mass is 415 g/mol. The first-order valence-corrected chi connectivity index (χ1v) is 10.9. The van der Waals surface area contributed by atoms with E-state index in [1.54, 1.807) is 0 Å². The van der Waals surface area contributed by atoms with E-state index in [0.717, 1.165) is 57.4 Å². The third kappa shape index (κ3) is 4.59. The van der Waals surface area contributed by atoms with Gasteiger partial charge >= 0.3 is 5.97 Å². The van der Waals surface area contributed by atoms with E-state index >= 15 is 0 Å². The Bertz CT molecular complexity index is 807. The Morgan fingerprint density at radius 2 is 1.97 bits per heavy atom. The van der Waals surface area contributed by atoms with Crippen LogP contribution < -0.4 is 22.3 Å². The van der Waals surface area contributed by atoms with Crippen LogP contribution in [0.5, 0.6) is 0 Å². The van der Waals surface area contributed by atoms with Crippen LogP contribution in [0.3, 0.4) is 0 Å². The minimum atomic E-state index is -1.01. The summed E-state index contributed by atoms with van der Waals surface area (Å²) < 4.78 is 5.07. The first-order chi connectivity index (χ1) is 14.5. The van der Waals surface area contributed by atoms with Crippen LogP contribution in [0.4, 0.5) is 0 Å². The Labute approximate surface area is 177 Å². The summed E-state index contributed by atoms with van der Waals surface area (Å²) in [6.45, 7) is 6.53. The second-order valence-corrected chi connectivity index (χ2v) is 8.35. The van der Waals surface area contributed by atoms with Gasteiger partial charge in [0.1, 0.15) is 0 Å². The molecular weight excluding hydrogens is 382 g/mol. The molecule has 2 aliphatic heterocycles. The highest BCUT2D eigenvalue weighted by Gasteiger charge is 2.33. The number of hydrazine groups is 1. The summed E-state index contributed by atoms with van der Waals surface area (Å²) in [5, 5.41) is 0. The fourth-order valence-electron chi connectivity index (χ4n) is 4.71. The van der Waals surface area contributed by atoms with Crippen LogP contribution in [-0.4, -0.2) is 67.1 Å². The minimum absolute atomic E-state index is 0.123. The predicted octanol–water partition coefficient (Wildman–Crippen LogP) is -0.394. The summed E-state index contributed by atoms with van der Waals surface area (Å²) in [5.41, 5.74) is 21.5. The number of ether oxygens (including phenoxy) is 1. The number of nitrogens with one attached hydrogen (secondary N) is 2. The molecule has 2 heterocycles. The Hall–Kier alpha value is -2.20. The van der Waals surface area contributed by atoms with Crippen LogP contribution in [-0.2, 0) is 28.2 Å². The second-order valence-electron chi connectivity index (χ2n) is 8.35. The number of aryl methyl sites for hydroxylation is 2. The van der Waals surface area contributed by atoms with Crippen molar-refractivity contribution >= 4 is 11.9 Å². The van der Waals surface area contributed by atoms with Crippen molar-refractivity contribution in [3.8, 4) is 0 Å². The summed E-state index contributed by atoms with van der Waals surface area (Å²) >= 11 is 0. The van der Waals surface area contributed by atoms with Gasteiger partial charge in [0, 0.05) is 37.8 Å². The molecule has 6 N–H and O–H groups in total. The number of aliphatic imine (C=N–C) groups is 1. The van der Waals surface area contributed by atoms with Crippen molar-refractivity contribution in [1.29, 1.82) is 0 Å². The second kappa shape index (κ2) is 8.89. The van der Waals surface area contributed by atoms with Crippen molar-refractivity contribution < 1.29 is 9.53 Å². The summed E-state index contributed by atoms with van der Waals surface area (Å²) in [5.74, 6) is -0.836. The molecule has 1 saturated heterocycles. The van der Waals surface area contributed by atoms with Crippen LogP contribution >= 0.6 is 0 Å². The smallest absolute Gasteiger partial charge is 0.320 e. The molecule has 0 bridgehead atoms. The maximum absolute atomic E-state index is 11.7. The maximum Gasteiger partial charge on any atom is 0.320 e. The summed E-state index contributed by atoms with van der Waals surface area (Å²) in [4.78, 5) is 20.8. The number of hydrogen-bond acceptors (Lipinski definition) is 9. The van der Waals surface area contributed by atoms with E-state index in [4.69, 9.17) is 16.2 Å². The number of hydrogen-bond donors (Lipinski definition) is 4. The topological polar surface area (TPSA) is 121 Å². The van der Waals surface area contributed by atoms with E-state index in [1.807, 2.05) is 13.0 Å². The molecule has 164 valence electrons. The molecule has 2 atom stereocenters. The lowest BCUT2D eigenvalue weighted by Gasteiger charge is -2.38. The predicted molar refractivity (Wildman–Crippen MR) is 115 cm³/mol. The molecule has 9 heteroatoms. The quantitative estimate of drug-likeness (QED) is 0.379. The van der Waals surface area contributed by atoms with E-state index in [2.05, 4.69) is 37.8 Å². The Morgan fingerprint density at radius 1 is 1.23 bits per heavy atom. The molecule has 0 radical (unpaired) electrons. The fourth-order valence-corrected chi connectivity index (χ4v) is 4.71. The van der Waals surface area contributed by atoms with Gasteiger partial charge in [-0.3, -0.25) is 25.8 Å². The van der Waals surface area contributed by atoms with Gasteiger partial charge in [-0.05, 0) is 43.7 Å². The van der Waals surface area contributed by atoms with Gasteiger partial charge < -0.3 is 10.5 Å². The van der Waals surface area contributed by atoms with Gasteiger partial charge in [0.2, 0.25) is 11.7 Å². The number of fused-ring (bicyclic) bond motifs is 1. The SMILES string of the molecule is CCOC(=O)CN1CCN(C2CCc3ccc(C4(N)N=C(N)NN4)cc3CC2)CC1. The number of esters is 1. The fraction of sp³-hybridized carbons (Fsp3) is 0.619. The van der Waals surface area contributed by atoms with Crippen molar-refractivity contribution in [3.05, 3.63) is 34.9 Å². The molecule has 0 spiro atoms. The minimum Gasteiger partial charge on any atom is -0.465 e. The molecule has 0 aromatic heterocycles. The lowest BCUT2D eigenvalue weighted by atomic mass is 9.97. The van der Waals surface area contributed by atoms with Gasteiger partial charge in [-0.15, -0.1) is 0 Å².